The molecule has 2 bridgehead atoms. The van der Waals surface area contributed by atoms with E-state index in [1.54, 1.807) is 14.2 Å². The largest absolute Gasteiger partial charge is 0.493 e. The van der Waals surface area contributed by atoms with E-state index in [9.17, 15) is 4.79 Å². The standard InChI is InChI=1S/C22H32N2O3/c1-21(2)16-6-8-22(21,3)19(12-16)23-20(25)24-9-7-14-10-17(26-4)18(27-5)11-15(14)13-24/h10-11,16,19H,6-9,12-13H2,1-5H3,(H,23,25). The average molecular weight is 373 g/mol. The molecule has 3 atom stereocenters. The molecule has 0 spiro atoms. The number of amides is 2. The van der Waals surface area contributed by atoms with Gasteiger partial charge in [0.25, 0.3) is 0 Å². The molecule has 1 aromatic carbocycles. The van der Waals surface area contributed by atoms with Crippen LogP contribution in [0.1, 0.15) is 51.2 Å². The molecule has 3 aliphatic rings. The van der Waals surface area contributed by atoms with Crippen LogP contribution in [0.4, 0.5) is 4.79 Å². The van der Waals surface area contributed by atoms with Crippen molar-refractivity contribution in [2.75, 3.05) is 20.8 Å². The van der Waals surface area contributed by atoms with Gasteiger partial charge in [-0.2, -0.15) is 0 Å². The normalized spacial score (nSPS) is 30.8. The zero-order valence-electron chi connectivity index (χ0n) is 17.2. The molecule has 148 valence electrons. The maximum atomic E-state index is 13.0. The van der Waals surface area contributed by atoms with E-state index in [0.717, 1.165) is 42.4 Å². The highest BCUT2D eigenvalue weighted by Crippen LogP contribution is 2.65. The number of carbonyl (C=O) groups is 1. The monoisotopic (exact) mass is 372 g/mol. The van der Waals surface area contributed by atoms with E-state index in [2.05, 4.69) is 26.1 Å². The molecule has 1 aromatic rings. The summed E-state index contributed by atoms with van der Waals surface area (Å²) in [5.41, 5.74) is 2.90. The predicted molar refractivity (Wildman–Crippen MR) is 105 cm³/mol. The minimum absolute atomic E-state index is 0.0741. The molecule has 0 radical (unpaired) electrons. The lowest BCUT2D eigenvalue weighted by molar-refractivity contribution is 0.116. The van der Waals surface area contributed by atoms with E-state index in [0.29, 0.717) is 12.0 Å². The van der Waals surface area contributed by atoms with Crippen molar-refractivity contribution in [3.05, 3.63) is 23.3 Å². The van der Waals surface area contributed by atoms with Crippen molar-refractivity contribution in [2.24, 2.45) is 16.7 Å². The number of fused-ring (bicyclic) bond motifs is 3. The lowest BCUT2D eigenvalue weighted by atomic mass is 9.69. The molecule has 1 N–H and O–H groups in total. The fourth-order valence-corrected chi connectivity index (χ4v) is 5.72. The van der Waals surface area contributed by atoms with Gasteiger partial charge in [0.15, 0.2) is 11.5 Å². The van der Waals surface area contributed by atoms with Crippen LogP contribution in [-0.2, 0) is 13.0 Å². The molecule has 0 aromatic heterocycles. The fraction of sp³-hybridized carbons (Fsp3) is 0.682. The molecule has 27 heavy (non-hydrogen) atoms. The molecular weight excluding hydrogens is 340 g/mol. The van der Waals surface area contributed by atoms with E-state index in [4.69, 9.17) is 9.47 Å². The number of hydrogen-bond donors (Lipinski definition) is 1. The van der Waals surface area contributed by atoms with Crippen LogP contribution in [0.15, 0.2) is 12.1 Å². The first kappa shape index (κ1) is 18.5. The van der Waals surface area contributed by atoms with Gasteiger partial charge in [0.1, 0.15) is 0 Å². The van der Waals surface area contributed by atoms with Gasteiger partial charge in [-0.25, -0.2) is 4.79 Å². The maximum Gasteiger partial charge on any atom is 0.317 e. The summed E-state index contributed by atoms with van der Waals surface area (Å²) in [5, 5.41) is 3.39. The van der Waals surface area contributed by atoms with Gasteiger partial charge in [0.2, 0.25) is 0 Å². The van der Waals surface area contributed by atoms with Crippen LogP contribution in [-0.4, -0.2) is 37.7 Å². The number of ether oxygens (including phenoxy) is 2. The first-order valence-electron chi connectivity index (χ1n) is 10.1. The zero-order chi connectivity index (χ0) is 19.4. The summed E-state index contributed by atoms with van der Waals surface area (Å²) in [7, 11) is 3.30. The topological polar surface area (TPSA) is 50.8 Å². The summed E-state index contributed by atoms with van der Waals surface area (Å²) < 4.78 is 10.8. The van der Waals surface area contributed by atoms with Crippen molar-refractivity contribution in [3.63, 3.8) is 0 Å². The van der Waals surface area contributed by atoms with Crippen LogP contribution < -0.4 is 14.8 Å². The van der Waals surface area contributed by atoms with Gasteiger partial charge in [-0.05, 0) is 65.7 Å². The maximum absolute atomic E-state index is 13.0. The molecule has 2 amide bonds. The Balaban J connectivity index is 1.47. The van der Waals surface area contributed by atoms with Crippen molar-refractivity contribution in [1.82, 2.24) is 10.2 Å². The molecule has 5 nitrogen and oxygen atoms in total. The third-order valence-electron chi connectivity index (χ3n) is 8.10. The minimum atomic E-state index is 0.0741. The van der Waals surface area contributed by atoms with Crippen LogP contribution >= 0.6 is 0 Å². The lowest BCUT2D eigenvalue weighted by Crippen LogP contribution is -2.52. The summed E-state index contributed by atoms with van der Waals surface area (Å²) in [6, 6.07) is 4.41. The first-order chi connectivity index (χ1) is 12.8. The van der Waals surface area contributed by atoms with E-state index >= 15 is 0 Å². The molecule has 1 heterocycles. The highest BCUT2D eigenvalue weighted by atomic mass is 16.5. The average Bonchev–Trinajstić information content (AvgIpc) is 2.99. The SMILES string of the molecule is COc1cc2c(cc1OC)CN(C(=O)NC1CC3CCC1(C)C3(C)C)CC2. The Morgan fingerprint density at radius 1 is 1.15 bits per heavy atom. The fourth-order valence-electron chi connectivity index (χ4n) is 5.72. The molecule has 0 saturated heterocycles. The Morgan fingerprint density at radius 3 is 2.37 bits per heavy atom. The van der Waals surface area contributed by atoms with Crippen molar-refractivity contribution in [1.29, 1.82) is 0 Å². The third-order valence-corrected chi connectivity index (χ3v) is 8.10. The van der Waals surface area contributed by atoms with E-state index in [1.165, 1.54) is 18.4 Å². The summed E-state index contributed by atoms with van der Waals surface area (Å²) in [4.78, 5) is 15.0. The highest BCUT2D eigenvalue weighted by molar-refractivity contribution is 5.75. The third kappa shape index (κ3) is 2.69. The van der Waals surface area contributed by atoms with Gasteiger partial charge in [0.05, 0.1) is 14.2 Å². The summed E-state index contributed by atoms with van der Waals surface area (Å²) in [6.45, 7) is 8.50. The number of benzene rings is 1. The van der Waals surface area contributed by atoms with Gasteiger partial charge in [-0.15, -0.1) is 0 Å². The number of urea groups is 1. The molecule has 4 rings (SSSR count). The van der Waals surface area contributed by atoms with Crippen LogP contribution in [0.5, 0.6) is 11.5 Å². The van der Waals surface area contributed by atoms with Crippen LogP contribution in [0, 0.1) is 16.7 Å². The van der Waals surface area contributed by atoms with Crippen molar-refractivity contribution in [3.8, 4) is 11.5 Å². The molecule has 2 fully saturated rings. The molecule has 5 heteroatoms. The second-order valence-corrected chi connectivity index (χ2v) is 9.26. The van der Waals surface area contributed by atoms with Gasteiger partial charge >= 0.3 is 6.03 Å². The first-order valence-corrected chi connectivity index (χ1v) is 10.1. The van der Waals surface area contributed by atoms with Gasteiger partial charge in [0, 0.05) is 19.1 Å². The van der Waals surface area contributed by atoms with E-state index < -0.39 is 0 Å². The quantitative estimate of drug-likeness (QED) is 0.873. The molecular formula is C22H32N2O3. The number of rotatable bonds is 3. The Morgan fingerprint density at radius 2 is 1.81 bits per heavy atom. The minimum Gasteiger partial charge on any atom is -0.493 e. The van der Waals surface area contributed by atoms with E-state index in [1.807, 2.05) is 17.0 Å². The smallest absolute Gasteiger partial charge is 0.317 e. The number of hydrogen-bond acceptors (Lipinski definition) is 3. The molecule has 1 aliphatic heterocycles. The Labute approximate surface area is 162 Å². The Hall–Kier alpha value is -1.91. The Kier molecular flexibility index (Phi) is 4.32. The molecule has 2 saturated carbocycles. The Bertz CT molecular complexity index is 760. The van der Waals surface area contributed by atoms with Crippen molar-refractivity contribution >= 4 is 6.03 Å². The van der Waals surface area contributed by atoms with E-state index in [-0.39, 0.29) is 17.5 Å². The van der Waals surface area contributed by atoms with Gasteiger partial charge in [-0.1, -0.05) is 20.8 Å². The van der Waals surface area contributed by atoms with Gasteiger partial charge in [-0.3, -0.25) is 0 Å². The second kappa shape index (κ2) is 6.32. The van der Waals surface area contributed by atoms with Crippen LogP contribution in [0.2, 0.25) is 0 Å². The van der Waals surface area contributed by atoms with Crippen molar-refractivity contribution in [2.45, 2.75) is 59.0 Å². The summed E-state index contributed by atoms with van der Waals surface area (Å²) >= 11 is 0. The number of carbonyl (C=O) groups excluding carboxylic acids is 1. The number of nitrogens with one attached hydrogen (secondary N) is 1. The van der Waals surface area contributed by atoms with Crippen LogP contribution in [0.3, 0.4) is 0 Å². The zero-order valence-corrected chi connectivity index (χ0v) is 17.2. The number of methoxy groups -OCH3 is 2. The summed E-state index contributed by atoms with van der Waals surface area (Å²) in [5.74, 6) is 2.21. The molecule has 2 aliphatic carbocycles. The summed E-state index contributed by atoms with van der Waals surface area (Å²) in [6.07, 6.45) is 4.48. The van der Waals surface area contributed by atoms with Crippen LogP contribution in [0.25, 0.3) is 0 Å². The van der Waals surface area contributed by atoms with Crippen molar-refractivity contribution < 1.29 is 14.3 Å². The predicted octanol–water partition coefficient (Wildman–Crippen LogP) is 3.99. The number of nitrogens with zero attached hydrogens (tertiary/aromatic N) is 1. The highest BCUT2D eigenvalue weighted by Gasteiger charge is 2.61. The lowest BCUT2D eigenvalue weighted by Gasteiger charge is -2.40. The second-order valence-electron chi connectivity index (χ2n) is 9.26. The molecule has 3 unspecified atom stereocenters. The van der Waals surface area contributed by atoms with Gasteiger partial charge < -0.3 is 19.7 Å².